The molecular weight excluding hydrogens is 162 g/mol. The van der Waals surface area contributed by atoms with Gasteiger partial charge in [0.2, 0.25) is 0 Å². The summed E-state index contributed by atoms with van der Waals surface area (Å²) in [5, 5.41) is 8.24. The van der Waals surface area contributed by atoms with Gasteiger partial charge in [-0.2, -0.15) is 5.26 Å². The molecule has 0 aromatic heterocycles. The van der Waals surface area contributed by atoms with E-state index >= 15 is 0 Å². The Kier molecular flexibility index (Phi) is 2.42. The molecule has 0 aliphatic heterocycles. The molecule has 0 saturated heterocycles. The van der Waals surface area contributed by atoms with Crippen molar-refractivity contribution in [2.24, 2.45) is 0 Å². The lowest BCUT2D eigenvalue weighted by Gasteiger charge is -2.03. The van der Waals surface area contributed by atoms with Gasteiger partial charge in [0.1, 0.15) is 0 Å². The summed E-state index contributed by atoms with van der Waals surface area (Å²) in [5.41, 5.74) is 13.9. The van der Waals surface area contributed by atoms with Gasteiger partial charge in [0.05, 0.1) is 11.4 Å². The molecular formula is C10H9N3. The molecule has 1 aromatic carbocycles. The SMILES string of the molecule is Cc1cc(C#CC#N)cc(N)c1N. The summed E-state index contributed by atoms with van der Waals surface area (Å²) < 4.78 is 0. The Balaban J connectivity index is 3.23. The molecule has 0 bridgehead atoms. The van der Waals surface area contributed by atoms with Crippen LogP contribution in [0.1, 0.15) is 11.1 Å². The quantitative estimate of drug-likeness (QED) is 0.452. The fraction of sp³-hybridized carbons (Fsp3) is 0.100. The van der Waals surface area contributed by atoms with Gasteiger partial charge < -0.3 is 11.5 Å². The van der Waals surface area contributed by atoms with Gasteiger partial charge in [-0.25, -0.2) is 0 Å². The Bertz CT molecular complexity index is 407. The van der Waals surface area contributed by atoms with E-state index in [2.05, 4.69) is 11.8 Å². The van der Waals surface area contributed by atoms with Crippen LogP contribution in [0.5, 0.6) is 0 Å². The highest BCUT2D eigenvalue weighted by Gasteiger charge is 1.99. The maximum absolute atomic E-state index is 8.24. The number of benzene rings is 1. The first-order chi connectivity index (χ1) is 6.15. The van der Waals surface area contributed by atoms with E-state index in [1.54, 1.807) is 18.2 Å². The fourth-order valence-electron chi connectivity index (χ4n) is 0.998. The van der Waals surface area contributed by atoms with Gasteiger partial charge in [-0.3, -0.25) is 0 Å². The van der Waals surface area contributed by atoms with Gasteiger partial charge in [0.25, 0.3) is 0 Å². The van der Waals surface area contributed by atoms with Crippen LogP contribution in [0.2, 0.25) is 0 Å². The van der Waals surface area contributed by atoms with Crippen LogP contribution in [-0.4, -0.2) is 0 Å². The number of aryl methyl sites for hydroxylation is 1. The van der Waals surface area contributed by atoms with E-state index in [0.717, 1.165) is 5.56 Å². The number of rotatable bonds is 0. The molecule has 64 valence electrons. The molecule has 1 rings (SSSR count). The maximum Gasteiger partial charge on any atom is 0.152 e. The van der Waals surface area contributed by atoms with Gasteiger partial charge in [-0.15, -0.1) is 0 Å². The van der Waals surface area contributed by atoms with E-state index in [9.17, 15) is 0 Å². The number of hydrogen-bond acceptors (Lipinski definition) is 3. The minimum atomic E-state index is 0.502. The van der Waals surface area contributed by atoms with Crippen molar-refractivity contribution in [3.05, 3.63) is 23.3 Å². The van der Waals surface area contributed by atoms with Crippen molar-refractivity contribution < 1.29 is 0 Å². The van der Waals surface area contributed by atoms with Crippen LogP contribution in [-0.2, 0) is 0 Å². The summed E-state index contributed by atoms with van der Waals surface area (Å²) in [5.74, 6) is 4.95. The van der Waals surface area contributed by atoms with Crippen molar-refractivity contribution in [1.29, 1.82) is 5.26 Å². The Labute approximate surface area is 77.0 Å². The van der Waals surface area contributed by atoms with Crippen LogP contribution in [0.3, 0.4) is 0 Å². The first-order valence-electron chi connectivity index (χ1n) is 3.71. The molecule has 0 atom stereocenters. The van der Waals surface area contributed by atoms with E-state index < -0.39 is 0 Å². The lowest BCUT2D eigenvalue weighted by atomic mass is 10.1. The number of hydrogen-bond donors (Lipinski definition) is 2. The minimum absolute atomic E-state index is 0.502. The summed E-state index contributed by atoms with van der Waals surface area (Å²) in [7, 11) is 0. The van der Waals surface area contributed by atoms with E-state index in [-0.39, 0.29) is 0 Å². The number of nitrogen functional groups attached to an aromatic ring is 2. The standard InChI is InChI=1S/C10H9N3/c1-7-5-8(3-2-4-11)6-9(12)10(7)13/h5-6H,12-13H2,1H3. The topological polar surface area (TPSA) is 75.8 Å². The third kappa shape index (κ3) is 1.91. The summed E-state index contributed by atoms with van der Waals surface area (Å²) in [6.07, 6.45) is 0. The van der Waals surface area contributed by atoms with Crippen LogP contribution < -0.4 is 11.5 Å². The summed E-state index contributed by atoms with van der Waals surface area (Å²) in [6.45, 7) is 1.85. The van der Waals surface area contributed by atoms with Gasteiger partial charge in [0, 0.05) is 11.5 Å². The minimum Gasteiger partial charge on any atom is -0.397 e. The molecule has 0 aliphatic carbocycles. The molecule has 0 spiro atoms. The molecule has 4 N–H and O–H groups in total. The van der Waals surface area contributed by atoms with Crippen LogP contribution >= 0.6 is 0 Å². The van der Waals surface area contributed by atoms with Crippen LogP contribution in [0.25, 0.3) is 0 Å². The Morgan fingerprint density at radius 1 is 1.31 bits per heavy atom. The lowest BCUT2D eigenvalue weighted by Crippen LogP contribution is -1.97. The van der Waals surface area contributed by atoms with Crippen molar-refractivity contribution in [2.75, 3.05) is 11.5 Å². The van der Waals surface area contributed by atoms with E-state index in [1.165, 1.54) is 0 Å². The Hall–Kier alpha value is -2.13. The van der Waals surface area contributed by atoms with Gasteiger partial charge >= 0.3 is 0 Å². The normalized spacial score (nSPS) is 8.31. The van der Waals surface area contributed by atoms with Gasteiger partial charge in [-0.1, -0.05) is 5.92 Å². The first-order valence-corrected chi connectivity index (χ1v) is 3.71. The van der Waals surface area contributed by atoms with Crippen molar-refractivity contribution in [3.63, 3.8) is 0 Å². The summed E-state index contributed by atoms with van der Waals surface area (Å²) >= 11 is 0. The molecule has 0 radical (unpaired) electrons. The van der Waals surface area contributed by atoms with Crippen molar-refractivity contribution in [3.8, 4) is 17.9 Å². The molecule has 0 heterocycles. The Morgan fingerprint density at radius 3 is 2.54 bits per heavy atom. The predicted molar refractivity (Wildman–Crippen MR) is 52.5 cm³/mol. The summed E-state index contributed by atoms with van der Waals surface area (Å²) in [4.78, 5) is 0. The zero-order valence-electron chi connectivity index (χ0n) is 7.26. The first kappa shape index (κ1) is 8.96. The largest absolute Gasteiger partial charge is 0.397 e. The molecule has 1 aromatic rings. The number of anilines is 2. The van der Waals surface area contributed by atoms with Crippen molar-refractivity contribution in [2.45, 2.75) is 6.92 Å². The molecule has 0 amide bonds. The fourth-order valence-corrected chi connectivity index (χ4v) is 0.998. The number of nitrogens with zero attached hydrogens (tertiary/aromatic N) is 1. The monoisotopic (exact) mass is 171 g/mol. The van der Waals surface area contributed by atoms with Crippen LogP contribution in [0.4, 0.5) is 11.4 Å². The second kappa shape index (κ2) is 3.51. The molecule has 0 aliphatic rings. The maximum atomic E-state index is 8.24. The van der Waals surface area contributed by atoms with Gasteiger partial charge in [-0.05, 0) is 24.6 Å². The second-order valence-electron chi connectivity index (χ2n) is 2.66. The van der Waals surface area contributed by atoms with Crippen molar-refractivity contribution >= 4 is 11.4 Å². The third-order valence-electron chi connectivity index (χ3n) is 1.68. The lowest BCUT2D eigenvalue weighted by molar-refractivity contribution is 1.45. The van der Waals surface area contributed by atoms with E-state index in [1.807, 2.05) is 6.92 Å². The zero-order chi connectivity index (χ0) is 9.84. The molecule has 0 saturated carbocycles. The van der Waals surface area contributed by atoms with Crippen LogP contribution in [0.15, 0.2) is 12.1 Å². The highest BCUT2D eigenvalue weighted by molar-refractivity contribution is 5.69. The number of nitrogens with two attached hydrogens (primary N) is 2. The van der Waals surface area contributed by atoms with Crippen molar-refractivity contribution in [1.82, 2.24) is 0 Å². The molecule has 0 unspecified atom stereocenters. The zero-order valence-corrected chi connectivity index (χ0v) is 7.26. The summed E-state index contributed by atoms with van der Waals surface area (Å²) in [6, 6.07) is 5.20. The highest BCUT2D eigenvalue weighted by Crippen LogP contribution is 2.20. The average molecular weight is 171 g/mol. The highest BCUT2D eigenvalue weighted by atomic mass is 14.7. The Morgan fingerprint density at radius 2 is 2.00 bits per heavy atom. The van der Waals surface area contributed by atoms with Crippen LogP contribution in [0, 0.1) is 30.1 Å². The smallest absolute Gasteiger partial charge is 0.152 e. The predicted octanol–water partition coefficient (Wildman–Crippen LogP) is 1.03. The van der Waals surface area contributed by atoms with Gasteiger partial charge in [0.15, 0.2) is 6.07 Å². The van der Waals surface area contributed by atoms with E-state index in [0.29, 0.717) is 16.9 Å². The molecule has 0 fully saturated rings. The molecule has 3 nitrogen and oxygen atoms in total. The average Bonchev–Trinajstić information content (AvgIpc) is 2.10. The molecule has 3 heteroatoms. The molecule has 13 heavy (non-hydrogen) atoms. The van der Waals surface area contributed by atoms with E-state index in [4.69, 9.17) is 16.7 Å². The number of nitriles is 1. The second-order valence-corrected chi connectivity index (χ2v) is 2.66. The third-order valence-corrected chi connectivity index (χ3v) is 1.68.